The molecule has 0 aliphatic carbocycles. The van der Waals surface area contributed by atoms with Crippen molar-refractivity contribution in [3.05, 3.63) is 29.8 Å². The minimum atomic E-state index is -0.958. The number of anilines is 1. The Labute approximate surface area is 108 Å². The summed E-state index contributed by atoms with van der Waals surface area (Å²) in [6, 6.07) is 7.15. The predicted octanol–water partition coefficient (Wildman–Crippen LogP) is 1.88. The molecule has 0 aromatic heterocycles. The zero-order chi connectivity index (χ0) is 13.5. The molecule has 0 aliphatic rings. The fourth-order valence-corrected chi connectivity index (χ4v) is 1.92. The maximum absolute atomic E-state index is 10.7. The summed E-state index contributed by atoms with van der Waals surface area (Å²) in [6.07, 6.45) is 1.48. The summed E-state index contributed by atoms with van der Waals surface area (Å²) in [6.45, 7) is 6.29. The number of nitrogens with two attached hydrogens (primary N) is 1. The van der Waals surface area contributed by atoms with Gasteiger partial charge in [0.2, 0.25) is 0 Å². The van der Waals surface area contributed by atoms with E-state index in [1.165, 1.54) is 5.69 Å². The molecule has 0 aliphatic heterocycles. The van der Waals surface area contributed by atoms with E-state index in [-0.39, 0.29) is 0 Å². The highest BCUT2D eigenvalue weighted by Crippen LogP contribution is 2.16. The Hall–Kier alpha value is -1.55. The average Bonchev–Trinajstić information content (AvgIpc) is 2.37. The summed E-state index contributed by atoms with van der Waals surface area (Å²) in [5.41, 5.74) is 7.64. The van der Waals surface area contributed by atoms with Crippen LogP contribution in [0.1, 0.15) is 25.8 Å². The minimum absolute atomic E-state index is 0.371. The molecule has 3 N–H and O–H groups in total. The van der Waals surface area contributed by atoms with Crippen molar-refractivity contribution in [2.75, 3.05) is 18.0 Å². The molecule has 4 nitrogen and oxygen atoms in total. The number of carbonyl (C=O) groups is 1. The van der Waals surface area contributed by atoms with Crippen LogP contribution in [0, 0.1) is 0 Å². The maximum atomic E-state index is 10.7. The lowest BCUT2D eigenvalue weighted by Crippen LogP contribution is -2.32. The Bertz CT molecular complexity index is 376. The van der Waals surface area contributed by atoms with E-state index in [0.29, 0.717) is 6.42 Å². The van der Waals surface area contributed by atoms with Crippen molar-refractivity contribution >= 4 is 11.7 Å². The molecule has 0 heterocycles. The first-order valence-electron chi connectivity index (χ1n) is 6.40. The highest BCUT2D eigenvalue weighted by molar-refractivity contribution is 5.73. The number of carboxylic acids is 1. The van der Waals surface area contributed by atoms with E-state index >= 15 is 0 Å². The van der Waals surface area contributed by atoms with Crippen LogP contribution in [0.4, 0.5) is 5.69 Å². The topological polar surface area (TPSA) is 66.6 Å². The number of benzene rings is 1. The smallest absolute Gasteiger partial charge is 0.320 e. The fourth-order valence-electron chi connectivity index (χ4n) is 1.92. The molecule has 4 heteroatoms. The standard InChI is InChI=1S/C14H22N2O2/c1-3-9-16(4-2)12-7-5-11(6-8-12)10-13(15)14(17)18/h5-8,13H,3-4,9-10,15H2,1-2H3,(H,17,18)/t13-/m0/s1. The molecule has 0 saturated heterocycles. The van der Waals surface area contributed by atoms with Crippen LogP contribution < -0.4 is 10.6 Å². The lowest BCUT2D eigenvalue weighted by atomic mass is 10.1. The minimum Gasteiger partial charge on any atom is -0.480 e. The molecule has 1 aromatic carbocycles. The van der Waals surface area contributed by atoms with E-state index in [1.807, 2.05) is 24.3 Å². The summed E-state index contributed by atoms with van der Waals surface area (Å²) < 4.78 is 0. The summed E-state index contributed by atoms with van der Waals surface area (Å²) in [5, 5.41) is 8.76. The van der Waals surface area contributed by atoms with E-state index in [9.17, 15) is 4.79 Å². The van der Waals surface area contributed by atoms with Crippen LogP contribution in [0.25, 0.3) is 0 Å². The third-order valence-electron chi connectivity index (χ3n) is 2.95. The van der Waals surface area contributed by atoms with Crippen LogP contribution >= 0.6 is 0 Å². The zero-order valence-electron chi connectivity index (χ0n) is 11.1. The van der Waals surface area contributed by atoms with Crippen LogP contribution in [0.15, 0.2) is 24.3 Å². The second-order valence-corrected chi connectivity index (χ2v) is 4.39. The second-order valence-electron chi connectivity index (χ2n) is 4.39. The number of rotatable bonds is 7. The van der Waals surface area contributed by atoms with Gasteiger partial charge in [0.25, 0.3) is 0 Å². The van der Waals surface area contributed by atoms with Crippen molar-refractivity contribution < 1.29 is 9.90 Å². The molecule has 100 valence electrons. The summed E-state index contributed by atoms with van der Waals surface area (Å²) in [7, 11) is 0. The first-order chi connectivity index (χ1) is 8.58. The molecule has 18 heavy (non-hydrogen) atoms. The number of aliphatic carboxylic acids is 1. The molecule has 0 unspecified atom stereocenters. The van der Waals surface area contributed by atoms with Crippen LogP contribution in [0.3, 0.4) is 0 Å². The van der Waals surface area contributed by atoms with Gasteiger partial charge in [-0.25, -0.2) is 0 Å². The number of carboxylic acid groups (broad SMARTS) is 1. The monoisotopic (exact) mass is 250 g/mol. The summed E-state index contributed by atoms with van der Waals surface area (Å²) in [4.78, 5) is 13.0. The Kier molecular flexibility index (Phi) is 5.65. The zero-order valence-corrected chi connectivity index (χ0v) is 11.1. The summed E-state index contributed by atoms with van der Waals surface area (Å²) in [5.74, 6) is -0.958. The molecule has 0 fully saturated rings. The molecule has 0 spiro atoms. The van der Waals surface area contributed by atoms with E-state index in [1.54, 1.807) is 0 Å². The third kappa shape index (κ3) is 4.04. The largest absolute Gasteiger partial charge is 0.480 e. The van der Waals surface area contributed by atoms with Gasteiger partial charge in [-0.3, -0.25) is 4.79 Å². The first kappa shape index (κ1) is 14.5. The molecule has 0 radical (unpaired) electrons. The molecule has 0 bridgehead atoms. The van der Waals surface area contributed by atoms with Crippen LogP contribution in [-0.2, 0) is 11.2 Å². The SMILES string of the molecule is CCCN(CC)c1ccc(C[C@H](N)C(=O)O)cc1. The van der Waals surface area contributed by atoms with Crippen molar-refractivity contribution in [2.45, 2.75) is 32.7 Å². The molecule has 0 saturated carbocycles. The van der Waals surface area contributed by atoms with Gasteiger partial charge in [0.1, 0.15) is 6.04 Å². The summed E-state index contributed by atoms with van der Waals surface area (Å²) >= 11 is 0. The molecule has 1 aromatic rings. The number of nitrogens with zero attached hydrogens (tertiary/aromatic N) is 1. The lowest BCUT2D eigenvalue weighted by Gasteiger charge is -2.22. The van der Waals surface area contributed by atoms with Crippen molar-refractivity contribution in [3.8, 4) is 0 Å². The van der Waals surface area contributed by atoms with Gasteiger partial charge in [-0.05, 0) is 37.5 Å². The van der Waals surface area contributed by atoms with E-state index < -0.39 is 12.0 Å². The highest BCUT2D eigenvalue weighted by Gasteiger charge is 2.12. The van der Waals surface area contributed by atoms with Gasteiger partial charge in [0, 0.05) is 18.8 Å². The van der Waals surface area contributed by atoms with Gasteiger partial charge in [0.05, 0.1) is 0 Å². The Balaban J connectivity index is 2.70. The van der Waals surface area contributed by atoms with Crippen LogP contribution in [0.2, 0.25) is 0 Å². The quantitative estimate of drug-likeness (QED) is 0.775. The van der Waals surface area contributed by atoms with Gasteiger partial charge in [-0.15, -0.1) is 0 Å². The van der Waals surface area contributed by atoms with E-state index in [4.69, 9.17) is 10.8 Å². The van der Waals surface area contributed by atoms with Crippen molar-refractivity contribution in [2.24, 2.45) is 5.73 Å². The van der Waals surface area contributed by atoms with Gasteiger partial charge < -0.3 is 15.7 Å². The van der Waals surface area contributed by atoms with E-state index in [0.717, 1.165) is 25.1 Å². The Morgan fingerprint density at radius 3 is 2.39 bits per heavy atom. The van der Waals surface area contributed by atoms with Gasteiger partial charge >= 0.3 is 5.97 Å². The predicted molar refractivity (Wildman–Crippen MR) is 73.9 cm³/mol. The Morgan fingerprint density at radius 1 is 1.33 bits per heavy atom. The Morgan fingerprint density at radius 2 is 1.94 bits per heavy atom. The third-order valence-corrected chi connectivity index (χ3v) is 2.95. The second kappa shape index (κ2) is 7.01. The fraction of sp³-hybridized carbons (Fsp3) is 0.500. The first-order valence-corrected chi connectivity index (χ1v) is 6.40. The normalized spacial score (nSPS) is 12.2. The molecular weight excluding hydrogens is 228 g/mol. The van der Waals surface area contributed by atoms with E-state index in [2.05, 4.69) is 18.7 Å². The molecule has 1 rings (SSSR count). The van der Waals surface area contributed by atoms with Gasteiger partial charge in [-0.1, -0.05) is 19.1 Å². The number of hydrogen-bond acceptors (Lipinski definition) is 3. The van der Waals surface area contributed by atoms with Crippen molar-refractivity contribution in [1.82, 2.24) is 0 Å². The lowest BCUT2D eigenvalue weighted by molar-refractivity contribution is -0.138. The van der Waals surface area contributed by atoms with Crippen LogP contribution in [0.5, 0.6) is 0 Å². The number of hydrogen-bond donors (Lipinski definition) is 2. The van der Waals surface area contributed by atoms with Crippen molar-refractivity contribution in [3.63, 3.8) is 0 Å². The van der Waals surface area contributed by atoms with Crippen LogP contribution in [-0.4, -0.2) is 30.2 Å². The maximum Gasteiger partial charge on any atom is 0.320 e. The average molecular weight is 250 g/mol. The van der Waals surface area contributed by atoms with Gasteiger partial charge in [0.15, 0.2) is 0 Å². The molecule has 1 atom stereocenters. The molecule has 0 amide bonds. The highest BCUT2D eigenvalue weighted by atomic mass is 16.4. The van der Waals surface area contributed by atoms with Gasteiger partial charge in [-0.2, -0.15) is 0 Å². The van der Waals surface area contributed by atoms with Crippen molar-refractivity contribution in [1.29, 1.82) is 0 Å². The molecular formula is C14H22N2O2.